The summed E-state index contributed by atoms with van der Waals surface area (Å²) in [5, 5.41) is 11.2. The Morgan fingerprint density at radius 2 is 0.955 bits per heavy atom. The van der Waals surface area contributed by atoms with Gasteiger partial charge in [0.2, 0.25) is 11.7 Å². The van der Waals surface area contributed by atoms with Gasteiger partial charge in [-0.1, -0.05) is 82.8 Å². The van der Waals surface area contributed by atoms with E-state index >= 15 is 0 Å². The topological polar surface area (TPSA) is 49.9 Å². The Morgan fingerprint density at radius 3 is 1.52 bits per heavy atom. The second-order valence-electron chi connectivity index (χ2n) is 12.3. The second-order valence-corrected chi connectivity index (χ2v) is 12.8. The summed E-state index contributed by atoms with van der Waals surface area (Å²) in [6, 6.07) is 38.9. The highest BCUT2D eigenvalue weighted by Gasteiger charge is 2.55. The molecule has 44 heavy (non-hydrogen) atoms. The molecule has 0 saturated heterocycles. The third kappa shape index (κ3) is 2.29. The van der Waals surface area contributed by atoms with Crippen molar-refractivity contribution in [3.8, 4) is 0 Å². The third-order valence-corrected chi connectivity index (χ3v) is 10.7. The zero-order valence-electron chi connectivity index (χ0n) is 23.0. The van der Waals surface area contributed by atoms with Crippen LogP contribution in [0.2, 0.25) is 0 Å². The minimum atomic E-state index is -2.16. The fourth-order valence-electron chi connectivity index (χ4n) is 8.18. The first-order chi connectivity index (χ1) is 21.7. The van der Waals surface area contributed by atoms with Crippen molar-refractivity contribution in [2.75, 3.05) is 0 Å². The number of nitrogens with zero attached hydrogens (tertiary/aromatic N) is 6. The number of aromatic nitrogens is 2. The standard InChI is InChI=1S/C36H18BClN6/c38-37-42-31-25-13-19-7-1-2-8-20(19)14-26(25)32(42)40-34-29-17-23-11-5-6-12-24(23)18-30(29)36(44(34)37)41-35-28-16-22-10-4-3-9-21(22)15-27(28)33(39-31)43(35)37/h1-18H. The molecule has 12 rings (SSSR count). The SMILES string of the molecule is Cl[B-]12n3c4c5cc6ccccc6cc5c3N=c3c5cc6ccccc6cc5c(n31)=NC1=[N+]2C(=N4)c2cc3ccccc3cc21. The molecule has 8 aromatic rings. The molecule has 4 aliphatic rings. The highest BCUT2D eigenvalue weighted by atomic mass is 35.5. The number of aliphatic imine (C=N–C) groups is 1. The van der Waals surface area contributed by atoms with E-state index in [1.807, 2.05) is 0 Å². The maximum atomic E-state index is 8.23. The summed E-state index contributed by atoms with van der Waals surface area (Å²) in [7, 11) is 0. The molecule has 6 heterocycles. The molecule has 8 heteroatoms. The zero-order chi connectivity index (χ0) is 28.5. The number of hydrogen-bond donors (Lipinski definition) is 0. The number of halogens is 1. The summed E-state index contributed by atoms with van der Waals surface area (Å²) < 4.78 is 6.55. The van der Waals surface area contributed by atoms with Gasteiger partial charge in [0.25, 0.3) is 0 Å². The quantitative estimate of drug-likeness (QED) is 0.176. The molecule has 1 atom stereocenters. The van der Waals surface area contributed by atoms with Gasteiger partial charge in [-0.2, -0.15) is 0 Å². The van der Waals surface area contributed by atoms with Crippen molar-refractivity contribution in [1.29, 1.82) is 0 Å². The molecule has 0 amide bonds. The Kier molecular flexibility index (Phi) is 3.51. The monoisotopic (exact) mass is 580 g/mol. The molecule has 0 aliphatic carbocycles. The lowest BCUT2D eigenvalue weighted by Gasteiger charge is -2.43. The van der Waals surface area contributed by atoms with E-state index in [2.05, 4.69) is 123 Å². The van der Waals surface area contributed by atoms with E-state index in [9.17, 15) is 0 Å². The Bertz CT molecular complexity index is 2970. The highest BCUT2D eigenvalue weighted by Crippen LogP contribution is 2.48. The smallest absolute Gasteiger partial charge is 0.405 e. The predicted molar refractivity (Wildman–Crippen MR) is 178 cm³/mol. The van der Waals surface area contributed by atoms with Gasteiger partial charge >= 0.3 is 5.97 Å². The van der Waals surface area contributed by atoms with Gasteiger partial charge < -0.3 is 13.4 Å². The van der Waals surface area contributed by atoms with Crippen molar-refractivity contribution >= 4 is 94.6 Å². The van der Waals surface area contributed by atoms with Crippen molar-refractivity contribution in [2.45, 2.75) is 0 Å². The van der Waals surface area contributed by atoms with Gasteiger partial charge in [0.05, 0.1) is 11.1 Å². The molecule has 0 saturated carbocycles. The molecule has 6 nitrogen and oxygen atoms in total. The van der Waals surface area contributed by atoms with Crippen LogP contribution in [0, 0.1) is 0 Å². The van der Waals surface area contributed by atoms with Crippen LogP contribution < -0.4 is 11.0 Å². The van der Waals surface area contributed by atoms with E-state index in [0.717, 1.165) is 67.0 Å². The van der Waals surface area contributed by atoms with Gasteiger partial charge in [-0.25, -0.2) is 4.99 Å². The van der Waals surface area contributed by atoms with Crippen molar-refractivity contribution in [1.82, 2.24) is 8.96 Å². The molecule has 0 N–H and O–H groups in total. The van der Waals surface area contributed by atoms with Gasteiger partial charge in [0.1, 0.15) is 11.3 Å². The zero-order valence-corrected chi connectivity index (χ0v) is 23.8. The third-order valence-electron chi connectivity index (χ3n) is 10.1. The van der Waals surface area contributed by atoms with Crippen LogP contribution in [0.4, 0.5) is 11.6 Å². The van der Waals surface area contributed by atoms with Gasteiger partial charge in [-0.3, -0.25) is 11.5 Å². The van der Waals surface area contributed by atoms with Crippen LogP contribution in [0.1, 0.15) is 11.1 Å². The van der Waals surface area contributed by atoms with Gasteiger partial charge in [-0.05, 0) is 68.7 Å². The molecular formula is C36H18BClN6. The summed E-state index contributed by atoms with van der Waals surface area (Å²) in [5.41, 5.74) is 3.79. The molecule has 2 aromatic heterocycles. The van der Waals surface area contributed by atoms with Gasteiger partial charge in [-0.15, -0.1) is 0 Å². The summed E-state index contributed by atoms with van der Waals surface area (Å²) in [6.07, 6.45) is 0. The van der Waals surface area contributed by atoms with Gasteiger partial charge in [0.15, 0.2) is 11.3 Å². The molecular weight excluding hydrogens is 563 g/mol. The van der Waals surface area contributed by atoms with E-state index in [1.54, 1.807) is 0 Å². The molecule has 6 aromatic carbocycles. The molecule has 4 aliphatic heterocycles. The lowest BCUT2D eigenvalue weighted by Crippen LogP contribution is -2.68. The first-order valence-corrected chi connectivity index (χ1v) is 15.3. The lowest BCUT2D eigenvalue weighted by atomic mass is 9.85. The van der Waals surface area contributed by atoms with E-state index in [1.165, 1.54) is 32.3 Å². The van der Waals surface area contributed by atoms with Crippen molar-refractivity contribution in [3.05, 3.63) is 131 Å². The van der Waals surface area contributed by atoms with Gasteiger partial charge in [0, 0.05) is 21.5 Å². The van der Waals surface area contributed by atoms with Crippen LogP contribution in [0.5, 0.6) is 0 Å². The van der Waals surface area contributed by atoms with E-state index in [-0.39, 0.29) is 0 Å². The molecule has 0 fully saturated rings. The average Bonchev–Trinajstić information content (AvgIpc) is 3.66. The van der Waals surface area contributed by atoms with Crippen molar-refractivity contribution < 1.29 is 4.49 Å². The minimum absolute atomic E-state index is 0.840. The van der Waals surface area contributed by atoms with E-state index < -0.39 is 5.97 Å². The van der Waals surface area contributed by atoms with Crippen LogP contribution in [0.15, 0.2) is 124 Å². The Labute approximate surface area is 253 Å². The number of benzene rings is 6. The van der Waals surface area contributed by atoms with E-state index in [4.69, 9.17) is 26.4 Å². The number of fused-ring (bicyclic) bond motifs is 12. The molecule has 0 spiro atoms. The predicted octanol–water partition coefficient (Wildman–Crippen LogP) is 6.89. The number of hydrogen-bond acceptors (Lipinski definition) is 3. The van der Waals surface area contributed by atoms with Crippen LogP contribution in [-0.4, -0.2) is 31.1 Å². The number of amidine groups is 2. The normalized spacial score (nSPS) is 18.6. The van der Waals surface area contributed by atoms with Crippen LogP contribution in [0.3, 0.4) is 0 Å². The first-order valence-electron chi connectivity index (χ1n) is 14.9. The fourth-order valence-corrected chi connectivity index (χ4v) is 8.73. The molecule has 0 radical (unpaired) electrons. The maximum absolute atomic E-state index is 8.23. The highest BCUT2D eigenvalue weighted by molar-refractivity contribution is 7.15. The summed E-state index contributed by atoms with van der Waals surface area (Å²) in [6.45, 7) is 0. The fraction of sp³-hybridized carbons (Fsp3) is 0. The molecule has 1 unspecified atom stereocenters. The first kappa shape index (κ1) is 22.1. The largest absolute Gasteiger partial charge is 0.460 e. The second kappa shape index (κ2) is 6.99. The minimum Gasteiger partial charge on any atom is -0.405 e. The Hall–Kier alpha value is -5.53. The lowest BCUT2D eigenvalue weighted by molar-refractivity contribution is -0.263. The number of rotatable bonds is 0. The van der Waals surface area contributed by atoms with E-state index in [0.29, 0.717) is 0 Å². The molecule has 202 valence electrons. The van der Waals surface area contributed by atoms with Crippen LogP contribution in [-0.2, 0) is 0 Å². The van der Waals surface area contributed by atoms with Crippen LogP contribution in [0.25, 0.3) is 53.9 Å². The summed E-state index contributed by atoms with van der Waals surface area (Å²) >= 11 is 8.23. The van der Waals surface area contributed by atoms with Crippen LogP contribution >= 0.6 is 11.5 Å². The Morgan fingerprint density at radius 1 is 0.500 bits per heavy atom. The average molecular weight is 581 g/mol. The summed E-state index contributed by atoms with van der Waals surface area (Å²) in [5.74, 6) is 1.20. The van der Waals surface area contributed by atoms with Crippen molar-refractivity contribution in [2.24, 2.45) is 15.0 Å². The summed E-state index contributed by atoms with van der Waals surface area (Å²) in [4.78, 5) is 16.3. The maximum Gasteiger partial charge on any atom is 0.460 e. The molecule has 0 bridgehead atoms. The Balaban J connectivity index is 1.36. The van der Waals surface area contributed by atoms with Crippen molar-refractivity contribution in [3.63, 3.8) is 0 Å².